The minimum absolute atomic E-state index is 0.208. The number of piperidine rings is 1. The van der Waals surface area contributed by atoms with Crippen molar-refractivity contribution in [2.75, 3.05) is 23.3 Å². The number of amides is 1. The van der Waals surface area contributed by atoms with Crippen molar-refractivity contribution >= 4 is 28.9 Å². The predicted molar refractivity (Wildman–Crippen MR) is 104 cm³/mol. The summed E-state index contributed by atoms with van der Waals surface area (Å²) in [6.07, 6.45) is 4.28. The van der Waals surface area contributed by atoms with E-state index in [1.54, 1.807) is 6.07 Å². The van der Waals surface area contributed by atoms with Gasteiger partial charge in [-0.3, -0.25) is 9.59 Å². The van der Waals surface area contributed by atoms with Crippen molar-refractivity contribution in [3.63, 3.8) is 0 Å². The lowest BCUT2D eigenvalue weighted by atomic mass is 10.1. The molecule has 1 amide bonds. The van der Waals surface area contributed by atoms with Crippen LogP contribution in [0.3, 0.4) is 0 Å². The number of hydrogen-bond donors (Lipinski definition) is 1. The highest BCUT2D eigenvalue weighted by Gasteiger charge is 2.18. The van der Waals surface area contributed by atoms with Gasteiger partial charge in [-0.25, -0.2) is 4.68 Å². The van der Waals surface area contributed by atoms with Crippen LogP contribution in [0, 0.1) is 0 Å². The number of hydrogen-bond acceptors (Lipinski definition) is 4. The van der Waals surface area contributed by atoms with Gasteiger partial charge in [-0.2, -0.15) is 5.10 Å². The molecule has 0 aliphatic carbocycles. The van der Waals surface area contributed by atoms with Crippen LogP contribution in [0.25, 0.3) is 0 Å². The van der Waals surface area contributed by atoms with Crippen molar-refractivity contribution in [1.82, 2.24) is 9.78 Å². The highest BCUT2D eigenvalue weighted by Crippen LogP contribution is 2.31. The van der Waals surface area contributed by atoms with E-state index in [2.05, 4.69) is 15.3 Å². The summed E-state index contributed by atoms with van der Waals surface area (Å²) < 4.78 is 1.32. The summed E-state index contributed by atoms with van der Waals surface area (Å²) in [6.45, 7) is 4.36. The molecule has 0 spiro atoms. The molecule has 1 N–H and O–H groups in total. The molecule has 2 heterocycles. The Kier molecular flexibility index (Phi) is 5.93. The fraction of sp³-hybridized carbons (Fsp3) is 0.421. The van der Waals surface area contributed by atoms with Gasteiger partial charge in [0.15, 0.2) is 0 Å². The number of anilines is 2. The van der Waals surface area contributed by atoms with E-state index in [-0.39, 0.29) is 17.2 Å². The number of rotatable bonds is 5. The molecular formula is C19H23ClN4O2. The zero-order chi connectivity index (χ0) is 18.5. The Morgan fingerprint density at radius 1 is 1.19 bits per heavy atom. The summed E-state index contributed by atoms with van der Waals surface area (Å²) >= 11 is 6.14. The van der Waals surface area contributed by atoms with E-state index in [9.17, 15) is 9.59 Å². The Bertz CT molecular complexity index is 844. The summed E-state index contributed by atoms with van der Waals surface area (Å²) in [5.74, 6) is -0.352. The largest absolute Gasteiger partial charge is 0.370 e. The van der Waals surface area contributed by atoms with Crippen LogP contribution < -0.4 is 15.8 Å². The minimum Gasteiger partial charge on any atom is -0.370 e. The number of carbonyl (C=O) groups excluding carboxylic acids is 1. The molecule has 6 nitrogen and oxygen atoms in total. The van der Waals surface area contributed by atoms with Gasteiger partial charge in [0.2, 0.25) is 0 Å². The molecule has 2 aromatic rings. The second-order valence-corrected chi connectivity index (χ2v) is 6.88. The minimum atomic E-state index is -0.352. The Labute approximate surface area is 157 Å². The van der Waals surface area contributed by atoms with E-state index in [0.29, 0.717) is 17.3 Å². The van der Waals surface area contributed by atoms with Gasteiger partial charge in [-0.05, 0) is 49.9 Å². The van der Waals surface area contributed by atoms with Gasteiger partial charge in [0, 0.05) is 30.7 Å². The summed E-state index contributed by atoms with van der Waals surface area (Å²) in [6, 6.07) is 8.36. The van der Waals surface area contributed by atoms with E-state index in [4.69, 9.17) is 11.6 Å². The Hall–Kier alpha value is -2.34. The van der Waals surface area contributed by atoms with Gasteiger partial charge in [0.1, 0.15) is 5.69 Å². The first-order valence-corrected chi connectivity index (χ1v) is 9.40. The lowest BCUT2D eigenvalue weighted by molar-refractivity contribution is 0.102. The van der Waals surface area contributed by atoms with E-state index in [0.717, 1.165) is 38.0 Å². The Morgan fingerprint density at radius 3 is 2.69 bits per heavy atom. The molecule has 1 fully saturated rings. The number of halogens is 1. The first-order valence-electron chi connectivity index (χ1n) is 9.02. The third-order valence-corrected chi connectivity index (χ3v) is 4.67. The van der Waals surface area contributed by atoms with Crippen molar-refractivity contribution in [1.29, 1.82) is 0 Å². The molecular weight excluding hydrogens is 352 g/mol. The number of carbonyl (C=O) groups is 1. The monoisotopic (exact) mass is 374 g/mol. The summed E-state index contributed by atoms with van der Waals surface area (Å²) in [5, 5.41) is 7.64. The molecule has 0 radical (unpaired) electrons. The molecule has 3 rings (SSSR count). The topological polar surface area (TPSA) is 67.2 Å². The van der Waals surface area contributed by atoms with Gasteiger partial charge in [-0.15, -0.1) is 0 Å². The molecule has 1 saturated heterocycles. The molecule has 0 unspecified atom stereocenters. The first-order chi connectivity index (χ1) is 12.6. The highest BCUT2D eigenvalue weighted by molar-refractivity contribution is 6.31. The normalized spacial score (nSPS) is 14.3. The number of aryl methyl sites for hydroxylation is 1. The Balaban J connectivity index is 1.86. The average molecular weight is 375 g/mol. The fourth-order valence-corrected chi connectivity index (χ4v) is 3.32. The van der Waals surface area contributed by atoms with Crippen LogP contribution in [0.2, 0.25) is 5.02 Å². The molecule has 1 aromatic carbocycles. The Morgan fingerprint density at radius 2 is 1.96 bits per heavy atom. The van der Waals surface area contributed by atoms with E-state index in [1.165, 1.54) is 23.2 Å². The van der Waals surface area contributed by atoms with Gasteiger partial charge < -0.3 is 10.2 Å². The van der Waals surface area contributed by atoms with Crippen molar-refractivity contribution in [2.24, 2.45) is 0 Å². The standard InChI is InChI=1S/C19H23ClN4O2/c1-2-10-24-18(25)9-7-15(22-24)19(26)21-16-13-14(20)6-8-17(16)23-11-4-3-5-12-23/h6-9,13H,2-5,10-12H2,1H3,(H,21,26). The van der Waals surface area contributed by atoms with Gasteiger partial charge in [0.05, 0.1) is 11.4 Å². The smallest absolute Gasteiger partial charge is 0.276 e. The maximum atomic E-state index is 12.7. The lowest BCUT2D eigenvalue weighted by Gasteiger charge is -2.30. The molecule has 0 atom stereocenters. The molecule has 7 heteroatoms. The molecule has 1 aromatic heterocycles. The lowest BCUT2D eigenvalue weighted by Crippen LogP contribution is -2.31. The predicted octanol–water partition coefficient (Wildman–Crippen LogP) is 3.55. The van der Waals surface area contributed by atoms with E-state index < -0.39 is 0 Å². The van der Waals surface area contributed by atoms with E-state index >= 15 is 0 Å². The van der Waals surface area contributed by atoms with Gasteiger partial charge in [0.25, 0.3) is 11.5 Å². The van der Waals surface area contributed by atoms with Crippen molar-refractivity contribution < 1.29 is 4.79 Å². The average Bonchev–Trinajstić information content (AvgIpc) is 2.64. The summed E-state index contributed by atoms with van der Waals surface area (Å²) in [7, 11) is 0. The van der Waals surface area contributed by atoms with Crippen LogP contribution in [-0.2, 0) is 6.54 Å². The maximum Gasteiger partial charge on any atom is 0.276 e. The molecule has 0 saturated carbocycles. The first kappa shape index (κ1) is 18.5. The fourth-order valence-electron chi connectivity index (χ4n) is 3.15. The third kappa shape index (κ3) is 4.25. The van der Waals surface area contributed by atoms with Crippen molar-refractivity contribution in [3.05, 3.63) is 51.4 Å². The number of nitrogens with one attached hydrogen (secondary N) is 1. The number of benzene rings is 1. The second-order valence-electron chi connectivity index (χ2n) is 6.44. The molecule has 0 bridgehead atoms. The van der Waals surface area contributed by atoms with Crippen molar-refractivity contribution in [2.45, 2.75) is 39.2 Å². The zero-order valence-electron chi connectivity index (χ0n) is 14.9. The van der Waals surface area contributed by atoms with Crippen LogP contribution >= 0.6 is 11.6 Å². The third-order valence-electron chi connectivity index (χ3n) is 4.44. The SMILES string of the molecule is CCCn1nc(C(=O)Nc2cc(Cl)ccc2N2CCCCC2)ccc1=O. The van der Waals surface area contributed by atoms with E-state index in [1.807, 2.05) is 19.1 Å². The van der Waals surface area contributed by atoms with Crippen LogP contribution in [0.15, 0.2) is 35.1 Å². The zero-order valence-corrected chi connectivity index (χ0v) is 15.6. The second kappa shape index (κ2) is 8.36. The van der Waals surface area contributed by atoms with Crippen LogP contribution in [0.5, 0.6) is 0 Å². The quantitative estimate of drug-likeness (QED) is 0.869. The van der Waals surface area contributed by atoms with Crippen LogP contribution in [-0.4, -0.2) is 28.8 Å². The summed E-state index contributed by atoms with van der Waals surface area (Å²) in [5.41, 5.74) is 1.63. The molecule has 1 aliphatic heterocycles. The number of aromatic nitrogens is 2. The maximum absolute atomic E-state index is 12.7. The molecule has 26 heavy (non-hydrogen) atoms. The molecule has 1 aliphatic rings. The van der Waals surface area contributed by atoms with Crippen LogP contribution in [0.4, 0.5) is 11.4 Å². The summed E-state index contributed by atoms with van der Waals surface area (Å²) in [4.78, 5) is 26.7. The van der Waals surface area contributed by atoms with Gasteiger partial charge >= 0.3 is 0 Å². The number of nitrogens with zero attached hydrogens (tertiary/aromatic N) is 3. The van der Waals surface area contributed by atoms with Gasteiger partial charge in [-0.1, -0.05) is 18.5 Å². The van der Waals surface area contributed by atoms with Crippen LogP contribution in [0.1, 0.15) is 43.1 Å². The van der Waals surface area contributed by atoms with Crippen molar-refractivity contribution in [3.8, 4) is 0 Å². The highest BCUT2D eigenvalue weighted by atomic mass is 35.5. The molecule has 138 valence electrons.